The normalized spacial score (nSPS) is 44.1. The highest BCUT2D eigenvalue weighted by molar-refractivity contribution is 5.66. The molecule has 4 aliphatic rings. The summed E-state index contributed by atoms with van der Waals surface area (Å²) in [5.74, 6) is 0.926. The second kappa shape index (κ2) is 4.56. The maximum absolute atomic E-state index is 11.5. The van der Waals surface area contributed by atoms with Crippen molar-refractivity contribution in [3.05, 3.63) is 33.4 Å². The molecule has 0 aromatic heterocycles. The summed E-state index contributed by atoms with van der Waals surface area (Å²) in [6.07, 6.45) is 7.90. The van der Waals surface area contributed by atoms with E-state index in [1.54, 1.807) is 6.07 Å². The monoisotopic (exact) mass is 342 g/mol. The Balaban J connectivity index is 1.63. The van der Waals surface area contributed by atoms with Crippen LogP contribution in [0.25, 0.3) is 0 Å². The molecule has 25 heavy (non-hydrogen) atoms. The zero-order valence-electron chi connectivity index (χ0n) is 14.8. The fourth-order valence-corrected chi connectivity index (χ4v) is 7.61. The van der Waals surface area contributed by atoms with Crippen LogP contribution in [0.3, 0.4) is 0 Å². The predicted octanol–water partition coefficient (Wildman–Crippen LogP) is 3.93. The summed E-state index contributed by atoms with van der Waals surface area (Å²) in [7, 11) is 0. The summed E-state index contributed by atoms with van der Waals surface area (Å²) in [5.41, 5.74) is 8.15. The van der Waals surface area contributed by atoms with Gasteiger partial charge >= 0.3 is 0 Å². The summed E-state index contributed by atoms with van der Waals surface area (Å²) in [4.78, 5) is 11.2. The first-order valence-corrected chi connectivity index (χ1v) is 9.61. The minimum absolute atomic E-state index is 0.0262. The Morgan fingerprint density at radius 3 is 2.60 bits per heavy atom. The number of nitro groups is 1. The van der Waals surface area contributed by atoms with Gasteiger partial charge in [-0.05, 0) is 80.2 Å². The minimum atomic E-state index is -0.481. The number of hydrogen-bond donors (Lipinski definition) is 2. The molecule has 4 aliphatic carbocycles. The first kappa shape index (κ1) is 15.6. The molecule has 5 nitrogen and oxygen atoms in total. The smallest absolute Gasteiger partial charge is 0.295 e. The molecule has 3 saturated carbocycles. The van der Waals surface area contributed by atoms with Crippen molar-refractivity contribution in [3.63, 3.8) is 0 Å². The van der Waals surface area contributed by atoms with Gasteiger partial charge in [-0.1, -0.05) is 13.0 Å². The highest BCUT2D eigenvalue weighted by atomic mass is 16.6. The first-order valence-electron chi connectivity index (χ1n) is 9.61. The molecular formula is C20H26N2O3. The van der Waals surface area contributed by atoms with E-state index in [9.17, 15) is 15.2 Å². The van der Waals surface area contributed by atoms with Crippen molar-refractivity contribution in [3.8, 4) is 0 Å². The molecule has 1 aromatic carbocycles. The SMILES string of the molecule is C[C@]12CC[C@@H]3c4ccc(N)c([N+](=O)[O-])c4CC[C@H]3C13CCC2(O)CC3. The lowest BCUT2D eigenvalue weighted by atomic mass is 9.48. The average molecular weight is 342 g/mol. The van der Waals surface area contributed by atoms with Crippen molar-refractivity contribution in [2.45, 2.75) is 69.8 Å². The van der Waals surface area contributed by atoms with E-state index in [0.29, 0.717) is 11.8 Å². The van der Waals surface area contributed by atoms with Crippen molar-refractivity contribution in [1.29, 1.82) is 0 Å². The third-order valence-corrected chi connectivity index (χ3v) is 8.88. The standard InChI is InChI=1S/C20H26N2O3/c1-18-7-6-13-12-3-5-16(21)17(22(24)25)14(12)2-4-15(13)19(18)8-10-20(18,23)11-9-19/h3,5,13,15,23H,2,4,6-11,21H2,1H3/t13-,15-,18+,19?,20?/m1/s1. The topological polar surface area (TPSA) is 89.4 Å². The number of fused-ring (bicyclic) bond motifs is 3. The second-order valence-corrected chi connectivity index (χ2v) is 9.14. The number of hydrogen-bond acceptors (Lipinski definition) is 4. The second-order valence-electron chi connectivity index (χ2n) is 9.14. The van der Waals surface area contributed by atoms with Crippen LogP contribution in [0.2, 0.25) is 0 Å². The lowest BCUT2D eigenvalue weighted by Gasteiger charge is -2.56. The van der Waals surface area contributed by atoms with Crippen LogP contribution >= 0.6 is 0 Å². The van der Waals surface area contributed by atoms with Crippen molar-refractivity contribution < 1.29 is 10.0 Å². The van der Waals surface area contributed by atoms with Crippen LogP contribution in [0.4, 0.5) is 11.4 Å². The van der Waals surface area contributed by atoms with Gasteiger partial charge in [-0.2, -0.15) is 0 Å². The maximum Gasteiger partial charge on any atom is 0.295 e. The lowest BCUT2D eigenvalue weighted by Crippen LogP contribution is -2.51. The Morgan fingerprint density at radius 2 is 1.92 bits per heavy atom. The minimum Gasteiger partial charge on any atom is -0.393 e. The van der Waals surface area contributed by atoms with Gasteiger partial charge in [0.25, 0.3) is 5.69 Å². The summed E-state index contributed by atoms with van der Waals surface area (Å²) >= 11 is 0. The molecule has 134 valence electrons. The molecule has 0 spiro atoms. The van der Waals surface area contributed by atoms with Gasteiger partial charge in [0.2, 0.25) is 0 Å². The van der Waals surface area contributed by atoms with Gasteiger partial charge in [0.15, 0.2) is 0 Å². The zero-order valence-corrected chi connectivity index (χ0v) is 14.8. The average Bonchev–Trinajstić information content (AvgIpc) is 2.95. The zero-order chi connectivity index (χ0) is 17.6. The third-order valence-electron chi connectivity index (χ3n) is 8.88. The van der Waals surface area contributed by atoms with E-state index in [-0.39, 0.29) is 27.1 Å². The largest absolute Gasteiger partial charge is 0.393 e. The molecule has 0 amide bonds. The summed E-state index contributed by atoms with van der Waals surface area (Å²) in [6, 6.07) is 3.77. The molecule has 1 aromatic rings. The van der Waals surface area contributed by atoms with Crippen LogP contribution in [0, 0.1) is 26.9 Å². The molecule has 5 heteroatoms. The fourth-order valence-electron chi connectivity index (χ4n) is 7.61. The van der Waals surface area contributed by atoms with Crippen LogP contribution in [0.5, 0.6) is 0 Å². The van der Waals surface area contributed by atoms with Gasteiger partial charge in [-0.3, -0.25) is 10.1 Å². The number of nitrogens with two attached hydrogens (primary N) is 1. The van der Waals surface area contributed by atoms with Crippen LogP contribution in [0.1, 0.15) is 68.9 Å². The van der Waals surface area contributed by atoms with Gasteiger partial charge in [0.1, 0.15) is 5.69 Å². The Morgan fingerprint density at radius 1 is 1.20 bits per heavy atom. The molecule has 3 N–H and O–H groups in total. The highest BCUT2D eigenvalue weighted by Gasteiger charge is 2.73. The van der Waals surface area contributed by atoms with E-state index in [1.807, 2.05) is 6.07 Å². The van der Waals surface area contributed by atoms with Crippen LogP contribution in [-0.4, -0.2) is 15.6 Å². The molecule has 0 heterocycles. The number of anilines is 1. The number of nitro benzene ring substituents is 1. The fraction of sp³-hybridized carbons (Fsp3) is 0.700. The van der Waals surface area contributed by atoms with E-state index in [0.717, 1.165) is 62.5 Å². The van der Waals surface area contributed by atoms with E-state index >= 15 is 0 Å². The number of nitrogen functional groups attached to an aromatic ring is 1. The van der Waals surface area contributed by atoms with E-state index < -0.39 is 5.60 Å². The van der Waals surface area contributed by atoms with Crippen molar-refractivity contribution >= 4 is 11.4 Å². The van der Waals surface area contributed by atoms with Gasteiger partial charge in [-0.15, -0.1) is 0 Å². The Kier molecular flexibility index (Phi) is 2.85. The molecule has 0 saturated heterocycles. The van der Waals surface area contributed by atoms with E-state index in [1.165, 1.54) is 0 Å². The van der Waals surface area contributed by atoms with Crippen molar-refractivity contribution in [2.75, 3.05) is 5.73 Å². The summed E-state index contributed by atoms with van der Waals surface area (Å²) < 4.78 is 0. The molecule has 3 fully saturated rings. The highest BCUT2D eigenvalue weighted by Crippen LogP contribution is 2.77. The predicted molar refractivity (Wildman–Crippen MR) is 95.3 cm³/mol. The van der Waals surface area contributed by atoms with Crippen molar-refractivity contribution in [2.24, 2.45) is 16.7 Å². The molecular weight excluding hydrogens is 316 g/mol. The number of rotatable bonds is 1. The summed E-state index contributed by atoms with van der Waals surface area (Å²) in [5, 5.41) is 22.8. The molecule has 0 radical (unpaired) electrons. The van der Waals surface area contributed by atoms with Gasteiger partial charge in [-0.25, -0.2) is 0 Å². The summed E-state index contributed by atoms with van der Waals surface area (Å²) in [6.45, 7) is 2.32. The maximum atomic E-state index is 11.5. The quantitative estimate of drug-likeness (QED) is 0.460. The van der Waals surface area contributed by atoms with Crippen molar-refractivity contribution in [1.82, 2.24) is 0 Å². The van der Waals surface area contributed by atoms with E-state index in [2.05, 4.69) is 6.92 Å². The first-order chi connectivity index (χ1) is 11.8. The number of nitrogens with zero attached hydrogens (tertiary/aromatic N) is 1. The van der Waals surface area contributed by atoms with Gasteiger partial charge in [0, 0.05) is 11.0 Å². The van der Waals surface area contributed by atoms with Gasteiger partial charge in [0.05, 0.1) is 10.5 Å². The van der Waals surface area contributed by atoms with E-state index in [4.69, 9.17) is 5.73 Å². The Labute approximate surface area is 147 Å². The third kappa shape index (κ3) is 1.59. The molecule has 3 atom stereocenters. The molecule has 0 unspecified atom stereocenters. The molecule has 5 rings (SSSR count). The Hall–Kier alpha value is -1.62. The Bertz CT molecular complexity index is 781. The van der Waals surface area contributed by atoms with Crippen LogP contribution in [-0.2, 0) is 6.42 Å². The van der Waals surface area contributed by atoms with Crippen LogP contribution in [0.15, 0.2) is 12.1 Å². The molecule has 0 aliphatic heterocycles. The molecule has 2 bridgehead atoms. The number of aliphatic hydroxyl groups is 1. The number of benzene rings is 1. The van der Waals surface area contributed by atoms with Crippen LogP contribution < -0.4 is 5.73 Å². The van der Waals surface area contributed by atoms with Gasteiger partial charge < -0.3 is 10.8 Å². The lowest BCUT2D eigenvalue weighted by molar-refractivity contribution is -0.384.